The fraction of sp³-hybridized carbons (Fsp3) is 0.105. The van der Waals surface area contributed by atoms with Crippen LogP contribution >= 0.6 is 0 Å². The maximum atomic E-state index is 12.3. The number of carbonyl (C=O) groups excluding carboxylic acids is 1. The zero-order valence-corrected chi connectivity index (χ0v) is 15.6. The van der Waals surface area contributed by atoms with Crippen molar-refractivity contribution in [1.29, 1.82) is 0 Å². The van der Waals surface area contributed by atoms with Crippen molar-refractivity contribution in [2.24, 2.45) is 0 Å². The molecule has 0 unspecified atom stereocenters. The van der Waals surface area contributed by atoms with Crippen LogP contribution in [-0.4, -0.2) is 24.3 Å². The van der Waals surface area contributed by atoms with Gasteiger partial charge >= 0.3 is 0 Å². The second-order valence-electron chi connectivity index (χ2n) is 5.96. The molecule has 0 saturated heterocycles. The minimum Gasteiger partial charge on any atom is -0.322 e. The molecule has 0 aliphatic carbocycles. The fourth-order valence-electron chi connectivity index (χ4n) is 2.33. The van der Waals surface area contributed by atoms with E-state index in [1.807, 2.05) is 26.0 Å². The van der Waals surface area contributed by atoms with E-state index in [0.29, 0.717) is 11.3 Å². The molecular formula is C19H18N4O3S. The van der Waals surface area contributed by atoms with Gasteiger partial charge in [-0.25, -0.2) is 23.1 Å². The van der Waals surface area contributed by atoms with Gasteiger partial charge in [0.15, 0.2) is 0 Å². The quantitative estimate of drug-likeness (QED) is 0.706. The second-order valence-corrected chi connectivity index (χ2v) is 7.64. The molecule has 8 heteroatoms. The third-order valence-electron chi connectivity index (χ3n) is 3.98. The third kappa shape index (κ3) is 4.48. The first-order valence-corrected chi connectivity index (χ1v) is 9.62. The molecule has 2 aromatic carbocycles. The van der Waals surface area contributed by atoms with Gasteiger partial charge < -0.3 is 5.32 Å². The van der Waals surface area contributed by atoms with Crippen LogP contribution in [0, 0.1) is 13.8 Å². The first kappa shape index (κ1) is 18.5. The fourth-order valence-corrected chi connectivity index (χ4v) is 3.29. The van der Waals surface area contributed by atoms with E-state index in [4.69, 9.17) is 0 Å². The third-order valence-corrected chi connectivity index (χ3v) is 5.33. The highest BCUT2D eigenvalue weighted by Gasteiger charge is 2.15. The summed E-state index contributed by atoms with van der Waals surface area (Å²) >= 11 is 0. The van der Waals surface area contributed by atoms with E-state index in [2.05, 4.69) is 20.0 Å². The van der Waals surface area contributed by atoms with Crippen molar-refractivity contribution >= 4 is 27.6 Å². The molecule has 1 aromatic heterocycles. The predicted octanol–water partition coefficient (Wildman–Crippen LogP) is 3.15. The van der Waals surface area contributed by atoms with Crippen molar-refractivity contribution in [2.45, 2.75) is 18.7 Å². The van der Waals surface area contributed by atoms with Gasteiger partial charge in [-0.2, -0.15) is 0 Å². The van der Waals surface area contributed by atoms with Gasteiger partial charge in [0.25, 0.3) is 15.9 Å². The van der Waals surface area contributed by atoms with Gasteiger partial charge in [-0.3, -0.25) is 4.79 Å². The highest BCUT2D eigenvalue weighted by atomic mass is 32.2. The predicted molar refractivity (Wildman–Crippen MR) is 103 cm³/mol. The van der Waals surface area contributed by atoms with E-state index in [9.17, 15) is 13.2 Å². The van der Waals surface area contributed by atoms with Gasteiger partial charge in [-0.15, -0.1) is 0 Å². The number of hydrogen-bond donors (Lipinski definition) is 2. The SMILES string of the molecule is Cc1ccc(C(=O)Nc2ccc(S(=O)(=O)Nc3ncccn3)cc2)cc1C. The molecular weight excluding hydrogens is 364 g/mol. The molecule has 0 fully saturated rings. The zero-order valence-electron chi connectivity index (χ0n) is 14.8. The number of amides is 1. The van der Waals surface area contributed by atoms with E-state index in [1.165, 1.54) is 36.7 Å². The van der Waals surface area contributed by atoms with Gasteiger partial charge in [0, 0.05) is 23.6 Å². The van der Waals surface area contributed by atoms with Crippen molar-refractivity contribution in [2.75, 3.05) is 10.0 Å². The average Bonchev–Trinajstić information content (AvgIpc) is 2.65. The number of aryl methyl sites for hydroxylation is 2. The Kier molecular flexibility index (Phi) is 5.18. The molecule has 2 N–H and O–H groups in total. The first-order valence-electron chi connectivity index (χ1n) is 8.14. The molecule has 0 aliphatic heterocycles. The average molecular weight is 382 g/mol. The number of nitrogens with one attached hydrogen (secondary N) is 2. The minimum absolute atomic E-state index is 0.00961. The monoisotopic (exact) mass is 382 g/mol. The maximum absolute atomic E-state index is 12.3. The van der Waals surface area contributed by atoms with Crippen molar-refractivity contribution in [3.8, 4) is 0 Å². The highest BCUT2D eigenvalue weighted by Crippen LogP contribution is 2.18. The number of hydrogen-bond acceptors (Lipinski definition) is 5. The second kappa shape index (κ2) is 7.55. The van der Waals surface area contributed by atoms with Crippen LogP contribution in [0.3, 0.4) is 0 Å². The van der Waals surface area contributed by atoms with E-state index in [0.717, 1.165) is 11.1 Å². The molecule has 1 heterocycles. The number of carbonyl (C=O) groups is 1. The smallest absolute Gasteiger partial charge is 0.264 e. The topological polar surface area (TPSA) is 101 Å². The van der Waals surface area contributed by atoms with Gasteiger partial charge in [0.2, 0.25) is 5.95 Å². The van der Waals surface area contributed by atoms with Gasteiger partial charge in [-0.05, 0) is 67.4 Å². The summed E-state index contributed by atoms with van der Waals surface area (Å²) in [6.45, 7) is 3.92. The van der Waals surface area contributed by atoms with E-state index in [1.54, 1.807) is 12.1 Å². The normalized spacial score (nSPS) is 11.0. The molecule has 0 spiro atoms. The molecule has 0 aliphatic rings. The number of sulfonamides is 1. The summed E-state index contributed by atoms with van der Waals surface area (Å²) in [5.41, 5.74) is 3.17. The van der Waals surface area contributed by atoms with Crippen LogP contribution in [0.15, 0.2) is 65.8 Å². The number of rotatable bonds is 5. The molecule has 0 saturated carbocycles. The lowest BCUT2D eigenvalue weighted by Crippen LogP contribution is -2.15. The number of benzene rings is 2. The van der Waals surface area contributed by atoms with Crippen LogP contribution in [0.5, 0.6) is 0 Å². The maximum Gasteiger partial charge on any atom is 0.264 e. The van der Waals surface area contributed by atoms with Crippen LogP contribution < -0.4 is 10.0 Å². The Morgan fingerprint density at radius 2 is 1.59 bits per heavy atom. The molecule has 0 radical (unpaired) electrons. The molecule has 0 atom stereocenters. The van der Waals surface area contributed by atoms with Crippen LogP contribution in [0.2, 0.25) is 0 Å². The summed E-state index contributed by atoms with van der Waals surface area (Å²) < 4.78 is 27.0. The zero-order chi connectivity index (χ0) is 19.4. The van der Waals surface area contributed by atoms with Crippen LogP contribution in [0.1, 0.15) is 21.5 Å². The molecule has 138 valence electrons. The largest absolute Gasteiger partial charge is 0.322 e. The number of nitrogens with zero attached hydrogens (tertiary/aromatic N) is 2. The van der Waals surface area contributed by atoms with Gasteiger partial charge in [0.05, 0.1) is 4.90 Å². The molecule has 7 nitrogen and oxygen atoms in total. The van der Waals surface area contributed by atoms with E-state index < -0.39 is 10.0 Å². The summed E-state index contributed by atoms with van der Waals surface area (Å²) in [5, 5.41) is 2.75. The summed E-state index contributed by atoms with van der Waals surface area (Å²) in [7, 11) is -3.81. The molecule has 3 rings (SSSR count). The summed E-state index contributed by atoms with van der Waals surface area (Å²) in [5.74, 6) is -0.269. The van der Waals surface area contributed by atoms with Crippen molar-refractivity contribution in [3.05, 3.63) is 77.6 Å². The van der Waals surface area contributed by atoms with E-state index >= 15 is 0 Å². The lowest BCUT2D eigenvalue weighted by molar-refractivity contribution is 0.102. The number of anilines is 2. The van der Waals surface area contributed by atoms with Gasteiger partial charge in [-0.1, -0.05) is 6.07 Å². The Balaban J connectivity index is 1.73. The summed E-state index contributed by atoms with van der Waals surface area (Å²) in [6.07, 6.45) is 2.88. The lowest BCUT2D eigenvalue weighted by Gasteiger charge is -2.09. The highest BCUT2D eigenvalue weighted by molar-refractivity contribution is 7.92. The number of aromatic nitrogens is 2. The Morgan fingerprint density at radius 1 is 0.926 bits per heavy atom. The molecule has 1 amide bonds. The Bertz CT molecular complexity index is 1070. The van der Waals surface area contributed by atoms with Gasteiger partial charge in [0.1, 0.15) is 0 Å². The molecule has 0 bridgehead atoms. The van der Waals surface area contributed by atoms with Crippen molar-refractivity contribution in [1.82, 2.24) is 9.97 Å². The van der Waals surface area contributed by atoms with Crippen LogP contribution in [-0.2, 0) is 10.0 Å². The first-order chi connectivity index (χ1) is 12.8. The summed E-state index contributed by atoms with van der Waals surface area (Å²) in [6, 6.07) is 12.9. The standard InChI is InChI=1S/C19H18N4O3S/c1-13-4-5-15(12-14(13)2)18(24)22-16-6-8-17(9-7-16)27(25,26)23-19-20-10-3-11-21-19/h3-12H,1-2H3,(H,22,24)(H,20,21,23). The Hall–Kier alpha value is -3.26. The lowest BCUT2D eigenvalue weighted by atomic mass is 10.1. The van der Waals surface area contributed by atoms with Crippen molar-refractivity contribution < 1.29 is 13.2 Å². The Morgan fingerprint density at radius 3 is 2.22 bits per heavy atom. The minimum atomic E-state index is -3.81. The van der Waals surface area contributed by atoms with Crippen LogP contribution in [0.25, 0.3) is 0 Å². The Labute approximate surface area is 157 Å². The molecule has 27 heavy (non-hydrogen) atoms. The van der Waals surface area contributed by atoms with E-state index in [-0.39, 0.29) is 16.8 Å². The van der Waals surface area contributed by atoms with Crippen LogP contribution in [0.4, 0.5) is 11.6 Å². The molecule has 3 aromatic rings. The van der Waals surface area contributed by atoms with Crippen molar-refractivity contribution in [3.63, 3.8) is 0 Å². The summed E-state index contributed by atoms with van der Waals surface area (Å²) in [4.78, 5) is 20.1.